The standard InChI is InChI=1S/C45H55NO14S/c1-8-9-20-61-41(54)46-33(27-16-12-10-13-17-27)34(50)40(53)58-29-22-45(55)38(59-39(52)28-18-14-11-15-19-28)36-43(7,30(49)21-31-44(36,23-56-31)60-26(4)48)37(51)35(57-25(3)47)32(24(29)2)42(45,5)6/h10-19,29-31,33-36,38,49-50,55H,8-9,20-23H2,1-7H3,(H,46,54)/t29-,30-,31+,33-,34+,35+,36-,38-,43+,44-,45+/m0/s1. The van der Waals surface area contributed by atoms with Crippen molar-refractivity contribution in [1.82, 2.24) is 5.32 Å². The summed E-state index contributed by atoms with van der Waals surface area (Å²) in [5.74, 6) is -5.67. The molecule has 2 aromatic carbocycles. The van der Waals surface area contributed by atoms with Crippen molar-refractivity contribution in [3.05, 3.63) is 82.9 Å². The summed E-state index contributed by atoms with van der Waals surface area (Å²) in [6.45, 7) is 10.0. The molecule has 11 atom stereocenters. The van der Waals surface area contributed by atoms with Gasteiger partial charge in [-0.25, -0.2) is 9.59 Å². The van der Waals surface area contributed by atoms with Crippen molar-refractivity contribution >= 4 is 46.7 Å². The highest BCUT2D eigenvalue weighted by Gasteiger charge is 2.78. The molecule has 1 saturated heterocycles. The summed E-state index contributed by atoms with van der Waals surface area (Å²) in [5, 5.41) is 39.6. The van der Waals surface area contributed by atoms with E-state index in [1.807, 2.05) is 6.92 Å². The number of benzene rings is 2. The van der Waals surface area contributed by atoms with Crippen molar-refractivity contribution in [2.45, 2.75) is 128 Å². The minimum atomic E-state index is -2.37. The van der Waals surface area contributed by atoms with Crippen LogP contribution in [0.3, 0.4) is 0 Å². The molecule has 1 aliphatic heterocycles. The van der Waals surface area contributed by atoms with Gasteiger partial charge in [-0.05, 0) is 49.1 Å². The van der Waals surface area contributed by atoms with Crippen LogP contribution >= 0.6 is 11.8 Å². The second kappa shape index (κ2) is 17.6. The van der Waals surface area contributed by atoms with Gasteiger partial charge in [0.05, 0.1) is 35.6 Å². The molecule has 15 nitrogen and oxygen atoms in total. The zero-order valence-electron chi connectivity index (χ0n) is 35.4. The van der Waals surface area contributed by atoms with Gasteiger partial charge in [0, 0.05) is 37.9 Å². The molecular weight excluding hydrogens is 811 g/mol. The molecule has 16 heteroatoms. The Bertz CT molecular complexity index is 2060. The van der Waals surface area contributed by atoms with Crippen molar-refractivity contribution in [2.75, 3.05) is 12.4 Å². The summed E-state index contributed by atoms with van der Waals surface area (Å²) in [6, 6.07) is 14.9. The van der Waals surface area contributed by atoms with Gasteiger partial charge in [-0.2, -0.15) is 0 Å². The molecular formula is C45H55NO14S. The van der Waals surface area contributed by atoms with Crippen LogP contribution in [0.15, 0.2) is 71.8 Å². The molecule has 0 unspecified atom stereocenters. The van der Waals surface area contributed by atoms with Crippen LogP contribution in [0.25, 0.3) is 0 Å². The number of amides is 1. The Morgan fingerprint density at radius 2 is 1.59 bits per heavy atom. The normalized spacial score (nSPS) is 32.3. The smallest absolute Gasteiger partial charge is 0.338 e. The van der Waals surface area contributed by atoms with Gasteiger partial charge in [-0.3, -0.25) is 19.2 Å². The summed E-state index contributed by atoms with van der Waals surface area (Å²) in [6.07, 6.45) is -8.75. The van der Waals surface area contributed by atoms with Gasteiger partial charge < -0.3 is 44.3 Å². The fraction of sp³-hybridized carbons (Fsp3) is 0.556. The molecule has 330 valence electrons. The van der Waals surface area contributed by atoms with E-state index in [9.17, 15) is 39.3 Å². The molecule has 3 fully saturated rings. The molecule has 2 saturated carbocycles. The Morgan fingerprint density at radius 3 is 2.16 bits per heavy atom. The Morgan fingerprint density at radius 1 is 0.951 bits per heavy atom. The predicted octanol–water partition coefficient (Wildman–Crippen LogP) is 4.55. The summed E-state index contributed by atoms with van der Waals surface area (Å²) >= 11 is 1.00. The highest BCUT2D eigenvalue weighted by molar-refractivity contribution is 8.13. The van der Waals surface area contributed by atoms with E-state index < -0.39 is 112 Å². The highest BCUT2D eigenvalue weighted by atomic mass is 32.2. The molecule has 6 rings (SSSR count). The number of ether oxygens (including phenoxy) is 5. The number of nitrogens with one attached hydrogen (secondary N) is 1. The first-order chi connectivity index (χ1) is 28.7. The number of thioether (sulfide) groups is 1. The van der Waals surface area contributed by atoms with Crippen LogP contribution < -0.4 is 5.32 Å². The lowest BCUT2D eigenvalue weighted by atomic mass is 9.44. The third kappa shape index (κ3) is 8.13. The molecule has 0 spiro atoms. The fourth-order valence-electron chi connectivity index (χ4n) is 9.85. The van der Waals surface area contributed by atoms with Gasteiger partial charge in [0.2, 0.25) is 0 Å². The molecule has 0 radical (unpaired) electrons. The van der Waals surface area contributed by atoms with Crippen LogP contribution in [0.1, 0.15) is 96.1 Å². The molecule has 3 aliphatic carbocycles. The van der Waals surface area contributed by atoms with Gasteiger partial charge in [-0.15, -0.1) is 0 Å². The second-order valence-corrected chi connectivity index (χ2v) is 18.2. The maximum absolute atomic E-state index is 15.5. The maximum Gasteiger partial charge on any atom is 0.338 e. The van der Waals surface area contributed by atoms with E-state index in [1.165, 1.54) is 26.0 Å². The highest BCUT2D eigenvalue weighted by Crippen LogP contribution is 2.64. The van der Waals surface area contributed by atoms with Crippen LogP contribution in [0.2, 0.25) is 0 Å². The monoisotopic (exact) mass is 865 g/mol. The number of carbonyl (C=O) groups excluding carboxylic acids is 6. The Balaban J connectivity index is 1.52. The van der Waals surface area contributed by atoms with Gasteiger partial charge in [0.15, 0.2) is 23.6 Å². The first-order valence-electron chi connectivity index (χ1n) is 20.5. The zero-order chi connectivity index (χ0) is 44.7. The number of ketones is 1. The molecule has 61 heavy (non-hydrogen) atoms. The molecule has 2 bridgehead atoms. The number of aliphatic hydroxyl groups is 3. The number of rotatable bonds is 12. The summed E-state index contributed by atoms with van der Waals surface area (Å²) < 4.78 is 30.2. The van der Waals surface area contributed by atoms with Crippen molar-refractivity contribution in [3.8, 4) is 0 Å². The third-order valence-electron chi connectivity index (χ3n) is 13.2. The first-order valence-corrected chi connectivity index (χ1v) is 21.5. The minimum absolute atomic E-state index is 0.00938. The van der Waals surface area contributed by atoms with E-state index in [0.29, 0.717) is 11.3 Å². The Hall–Kier alpha value is -4.61. The molecule has 4 aliphatic rings. The van der Waals surface area contributed by atoms with Crippen LogP contribution in [0, 0.1) is 16.7 Å². The number of aliphatic hydroxyl groups excluding tert-OH is 2. The zero-order valence-corrected chi connectivity index (χ0v) is 36.2. The molecule has 0 aromatic heterocycles. The first kappa shape index (κ1) is 45.9. The number of esters is 4. The maximum atomic E-state index is 15.5. The topological polar surface area (TPSA) is 221 Å². The quantitative estimate of drug-likeness (QED) is 0.0995. The number of Topliss-reactive ketones (excluding diaryl/α,β-unsaturated/α-hetero) is 1. The number of fused-ring (bicyclic) bond motifs is 5. The van der Waals surface area contributed by atoms with Crippen molar-refractivity contribution in [2.24, 2.45) is 16.7 Å². The van der Waals surface area contributed by atoms with Crippen molar-refractivity contribution in [1.29, 1.82) is 0 Å². The van der Waals surface area contributed by atoms with Crippen LogP contribution in [0.5, 0.6) is 0 Å². The van der Waals surface area contributed by atoms with Gasteiger partial charge in [-0.1, -0.05) is 87.5 Å². The SMILES string of the molecule is CCCCSC(=O)N[C@@H](c1ccccc1)[C@@H](O)C(=O)O[C@H]1C[C@@]2(O)[C@@H](OC(=O)c3ccccc3)[C@@H]3[C@]4(OC(C)=O)CO[C@@H]4C[C@H](O)[C@@]3(C)C(=O)[C@H](OC(C)=O)C(=C1C)C2(C)C. The fourth-order valence-corrected chi connectivity index (χ4v) is 10.7. The third-order valence-corrected chi connectivity index (χ3v) is 14.0. The average molecular weight is 866 g/mol. The Kier molecular flexibility index (Phi) is 13.3. The van der Waals surface area contributed by atoms with E-state index >= 15 is 4.79 Å². The van der Waals surface area contributed by atoms with Crippen LogP contribution in [-0.2, 0) is 42.9 Å². The summed E-state index contributed by atoms with van der Waals surface area (Å²) in [7, 11) is 0. The van der Waals surface area contributed by atoms with E-state index in [1.54, 1.807) is 62.4 Å². The Labute approximate surface area is 358 Å². The molecule has 1 heterocycles. The van der Waals surface area contributed by atoms with Gasteiger partial charge in [0.25, 0.3) is 5.24 Å². The van der Waals surface area contributed by atoms with E-state index in [-0.39, 0.29) is 29.7 Å². The second-order valence-electron chi connectivity index (χ2n) is 17.1. The van der Waals surface area contributed by atoms with Crippen molar-refractivity contribution in [3.63, 3.8) is 0 Å². The number of carbonyl (C=O) groups is 6. The average Bonchev–Trinajstić information content (AvgIpc) is 3.21. The summed E-state index contributed by atoms with van der Waals surface area (Å²) in [4.78, 5) is 82.9. The largest absolute Gasteiger partial charge is 0.456 e. The van der Waals surface area contributed by atoms with E-state index in [4.69, 9.17) is 23.7 Å². The summed E-state index contributed by atoms with van der Waals surface area (Å²) in [5.41, 5.74) is -7.16. The van der Waals surface area contributed by atoms with Crippen molar-refractivity contribution < 1.29 is 67.8 Å². The molecule has 4 N–H and O–H groups in total. The lowest BCUT2D eigenvalue weighted by molar-refractivity contribution is -0.346. The van der Waals surface area contributed by atoms with Crippen LogP contribution in [-0.4, -0.2) is 110 Å². The predicted molar refractivity (Wildman–Crippen MR) is 220 cm³/mol. The molecule has 2 aromatic rings. The van der Waals surface area contributed by atoms with Crippen LogP contribution in [0.4, 0.5) is 4.79 Å². The van der Waals surface area contributed by atoms with E-state index in [2.05, 4.69) is 5.32 Å². The lowest BCUT2D eigenvalue weighted by Crippen LogP contribution is -2.82. The lowest BCUT2D eigenvalue weighted by Gasteiger charge is -2.67. The van der Waals surface area contributed by atoms with Gasteiger partial charge in [0.1, 0.15) is 23.9 Å². The molecule has 1 amide bonds. The number of hydrogen-bond donors (Lipinski definition) is 4. The van der Waals surface area contributed by atoms with Gasteiger partial charge >= 0.3 is 23.9 Å². The number of hydrogen-bond acceptors (Lipinski definition) is 15. The number of unbranched alkanes of at least 4 members (excludes halogenated alkanes) is 1. The minimum Gasteiger partial charge on any atom is -0.456 e. The van der Waals surface area contributed by atoms with E-state index in [0.717, 1.165) is 38.5 Å².